The Bertz CT molecular complexity index is 505. The number of carbonyl (C=O) groups excluding carboxylic acids is 1. The number of fused-ring (bicyclic) bond motifs is 1. The van der Waals surface area contributed by atoms with Crippen molar-refractivity contribution in [1.29, 1.82) is 0 Å². The van der Waals surface area contributed by atoms with E-state index in [1.165, 1.54) is 0 Å². The molecule has 1 aromatic rings. The highest BCUT2D eigenvalue weighted by Crippen LogP contribution is 2.40. The molecule has 0 aromatic heterocycles. The van der Waals surface area contributed by atoms with Gasteiger partial charge in [-0.05, 0) is 30.6 Å². The number of thioether (sulfide) groups is 1. The monoisotopic (exact) mass is 296 g/mol. The Morgan fingerprint density at radius 3 is 2.80 bits per heavy atom. The third-order valence-electron chi connectivity index (χ3n) is 2.89. The van der Waals surface area contributed by atoms with Crippen molar-refractivity contribution in [3.8, 4) is 11.5 Å². The molecule has 6 heteroatoms. The first kappa shape index (κ1) is 15.0. The van der Waals surface area contributed by atoms with Crippen LogP contribution in [0.5, 0.6) is 11.5 Å². The number of nitrogens with two attached hydrogens (primary N) is 1. The SMILES string of the molecule is CSCC[C@@H](N)C(=O)Nc1ccc2c(c1)OC(C)(C)O2. The van der Waals surface area contributed by atoms with E-state index < -0.39 is 11.8 Å². The van der Waals surface area contributed by atoms with Gasteiger partial charge in [-0.15, -0.1) is 0 Å². The number of amides is 1. The summed E-state index contributed by atoms with van der Waals surface area (Å²) in [5.74, 6) is 1.33. The van der Waals surface area contributed by atoms with E-state index in [2.05, 4.69) is 5.32 Å². The average Bonchev–Trinajstić information content (AvgIpc) is 2.68. The van der Waals surface area contributed by atoms with Gasteiger partial charge >= 0.3 is 0 Å². The molecular weight excluding hydrogens is 276 g/mol. The molecule has 0 spiro atoms. The van der Waals surface area contributed by atoms with Crippen LogP contribution in [0.3, 0.4) is 0 Å². The normalized spacial score (nSPS) is 16.8. The van der Waals surface area contributed by atoms with Crippen molar-refractivity contribution in [2.75, 3.05) is 17.3 Å². The standard InChI is InChI=1S/C14H20N2O3S/c1-14(2)18-11-5-4-9(8-12(11)19-14)16-13(17)10(15)6-7-20-3/h4-5,8,10H,6-7,15H2,1-3H3,(H,16,17)/t10-/m1/s1. The van der Waals surface area contributed by atoms with E-state index in [1.807, 2.05) is 20.1 Å². The fourth-order valence-corrected chi connectivity index (χ4v) is 2.40. The van der Waals surface area contributed by atoms with Gasteiger partial charge in [0.25, 0.3) is 0 Å². The van der Waals surface area contributed by atoms with Crippen molar-refractivity contribution in [2.24, 2.45) is 5.73 Å². The first-order chi connectivity index (χ1) is 9.41. The fraction of sp³-hybridized carbons (Fsp3) is 0.500. The summed E-state index contributed by atoms with van der Waals surface area (Å²) in [6.07, 6.45) is 2.65. The van der Waals surface area contributed by atoms with Crippen LogP contribution >= 0.6 is 11.8 Å². The molecule has 0 saturated carbocycles. The summed E-state index contributed by atoms with van der Waals surface area (Å²) in [4.78, 5) is 11.9. The highest BCUT2D eigenvalue weighted by Gasteiger charge is 2.31. The number of hydrogen-bond donors (Lipinski definition) is 2. The molecule has 0 fully saturated rings. The minimum atomic E-state index is -0.667. The lowest BCUT2D eigenvalue weighted by Crippen LogP contribution is -2.36. The maximum Gasteiger partial charge on any atom is 0.246 e. The van der Waals surface area contributed by atoms with Crippen molar-refractivity contribution in [3.05, 3.63) is 18.2 Å². The van der Waals surface area contributed by atoms with Gasteiger partial charge in [-0.25, -0.2) is 0 Å². The molecule has 1 aliphatic heterocycles. The van der Waals surface area contributed by atoms with E-state index in [0.717, 1.165) is 5.75 Å². The van der Waals surface area contributed by atoms with Crippen LogP contribution in [0.25, 0.3) is 0 Å². The molecule has 0 saturated heterocycles. The highest BCUT2D eigenvalue weighted by molar-refractivity contribution is 7.98. The summed E-state index contributed by atoms with van der Waals surface area (Å²) in [7, 11) is 0. The quantitative estimate of drug-likeness (QED) is 0.871. The molecule has 5 nitrogen and oxygen atoms in total. The molecule has 0 aliphatic carbocycles. The number of ether oxygens (including phenoxy) is 2. The first-order valence-electron chi connectivity index (χ1n) is 6.49. The molecule has 110 valence electrons. The smallest absolute Gasteiger partial charge is 0.246 e. The van der Waals surface area contributed by atoms with Gasteiger partial charge in [0.1, 0.15) is 0 Å². The van der Waals surface area contributed by atoms with Crippen molar-refractivity contribution in [3.63, 3.8) is 0 Å². The van der Waals surface area contributed by atoms with E-state index >= 15 is 0 Å². The molecule has 3 N–H and O–H groups in total. The topological polar surface area (TPSA) is 73.6 Å². The van der Waals surface area contributed by atoms with Crippen LogP contribution in [-0.4, -0.2) is 29.7 Å². The maximum atomic E-state index is 11.9. The number of nitrogens with one attached hydrogen (secondary N) is 1. The minimum absolute atomic E-state index is 0.183. The van der Waals surface area contributed by atoms with E-state index in [1.54, 1.807) is 30.0 Å². The lowest BCUT2D eigenvalue weighted by Gasteiger charge is -2.16. The van der Waals surface area contributed by atoms with Crippen LogP contribution in [0.2, 0.25) is 0 Å². The second-order valence-corrected chi connectivity index (χ2v) is 6.13. The van der Waals surface area contributed by atoms with Crippen LogP contribution in [0.1, 0.15) is 20.3 Å². The molecule has 1 aliphatic rings. The summed E-state index contributed by atoms with van der Waals surface area (Å²) in [6, 6.07) is 4.82. The van der Waals surface area contributed by atoms with Gasteiger partial charge in [0, 0.05) is 25.6 Å². The third kappa shape index (κ3) is 3.58. The van der Waals surface area contributed by atoms with Crippen LogP contribution in [0, 0.1) is 0 Å². The molecular formula is C14H20N2O3S. The summed E-state index contributed by atoms with van der Waals surface area (Å²) in [5, 5.41) is 2.80. The van der Waals surface area contributed by atoms with E-state index in [4.69, 9.17) is 15.2 Å². The predicted octanol–water partition coefficient (Wildman–Crippen LogP) is 2.21. The van der Waals surface area contributed by atoms with Gasteiger partial charge in [0.05, 0.1) is 6.04 Å². The van der Waals surface area contributed by atoms with Gasteiger partial charge in [-0.2, -0.15) is 11.8 Å². The van der Waals surface area contributed by atoms with Crippen LogP contribution in [0.4, 0.5) is 5.69 Å². The predicted molar refractivity (Wildman–Crippen MR) is 81.4 cm³/mol. The third-order valence-corrected chi connectivity index (χ3v) is 3.54. The molecule has 1 heterocycles. The Morgan fingerprint density at radius 1 is 1.40 bits per heavy atom. The number of benzene rings is 1. The first-order valence-corrected chi connectivity index (χ1v) is 7.88. The van der Waals surface area contributed by atoms with Crippen LogP contribution in [-0.2, 0) is 4.79 Å². The molecule has 0 unspecified atom stereocenters. The Balaban J connectivity index is 2.00. The summed E-state index contributed by atoms with van der Waals surface area (Å²) in [6.45, 7) is 3.67. The molecule has 20 heavy (non-hydrogen) atoms. The summed E-state index contributed by atoms with van der Waals surface area (Å²) < 4.78 is 11.2. The van der Waals surface area contributed by atoms with Gasteiger partial charge in [0.15, 0.2) is 11.5 Å². The highest BCUT2D eigenvalue weighted by atomic mass is 32.2. The Hall–Kier alpha value is -1.40. The van der Waals surface area contributed by atoms with Crippen molar-refractivity contribution in [1.82, 2.24) is 0 Å². The Morgan fingerprint density at radius 2 is 2.10 bits per heavy atom. The molecule has 1 atom stereocenters. The minimum Gasteiger partial charge on any atom is -0.449 e. The molecule has 0 bridgehead atoms. The van der Waals surface area contributed by atoms with Crippen molar-refractivity contribution >= 4 is 23.4 Å². The largest absolute Gasteiger partial charge is 0.449 e. The lowest BCUT2D eigenvalue weighted by atomic mass is 10.2. The number of rotatable bonds is 5. The second kappa shape index (κ2) is 5.93. The zero-order chi connectivity index (χ0) is 14.8. The molecule has 1 amide bonds. The zero-order valence-corrected chi connectivity index (χ0v) is 12.8. The van der Waals surface area contributed by atoms with Gasteiger partial charge in [-0.1, -0.05) is 0 Å². The van der Waals surface area contributed by atoms with E-state index in [-0.39, 0.29) is 5.91 Å². The van der Waals surface area contributed by atoms with Gasteiger partial charge < -0.3 is 20.5 Å². The molecule has 0 radical (unpaired) electrons. The van der Waals surface area contributed by atoms with Crippen LogP contribution < -0.4 is 20.5 Å². The Kier molecular flexibility index (Phi) is 4.45. The number of hydrogen-bond acceptors (Lipinski definition) is 5. The van der Waals surface area contributed by atoms with Gasteiger partial charge in [0.2, 0.25) is 11.7 Å². The Labute approximate surface area is 123 Å². The zero-order valence-electron chi connectivity index (χ0n) is 11.9. The lowest BCUT2D eigenvalue weighted by molar-refractivity contribution is -0.117. The van der Waals surface area contributed by atoms with Crippen molar-refractivity contribution < 1.29 is 14.3 Å². The van der Waals surface area contributed by atoms with E-state index in [9.17, 15) is 4.79 Å². The van der Waals surface area contributed by atoms with Gasteiger partial charge in [-0.3, -0.25) is 4.79 Å². The van der Waals surface area contributed by atoms with E-state index in [0.29, 0.717) is 23.6 Å². The maximum absolute atomic E-state index is 11.9. The number of anilines is 1. The second-order valence-electron chi connectivity index (χ2n) is 5.14. The number of carbonyl (C=O) groups is 1. The van der Waals surface area contributed by atoms with Crippen LogP contribution in [0.15, 0.2) is 18.2 Å². The fourth-order valence-electron chi connectivity index (χ4n) is 1.91. The summed E-state index contributed by atoms with van der Waals surface area (Å²) in [5.41, 5.74) is 6.49. The average molecular weight is 296 g/mol. The molecule has 1 aromatic carbocycles. The van der Waals surface area contributed by atoms with Crippen molar-refractivity contribution in [2.45, 2.75) is 32.1 Å². The summed E-state index contributed by atoms with van der Waals surface area (Å²) >= 11 is 1.67. The molecule has 2 rings (SSSR count).